The molecule has 1 aromatic rings. The molecule has 2 atom stereocenters. The largest absolute Gasteiger partial charge is 0.326 e. The van der Waals surface area contributed by atoms with Gasteiger partial charge in [0.15, 0.2) is 0 Å². The van der Waals surface area contributed by atoms with Crippen LogP contribution < -0.4 is 11.5 Å². The fourth-order valence-corrected chi connectivity index (χ4v) is 2.01. The van der Waals surface area contributed by atoms with Crippen LogP contribution in [-0.4, -0.2) is 6.04 Å². The number of hydrogen-bond acceptors (Lipinski definition) is 2. The van der Waals surface area contributed by atoms with Gasteiger partial charge in [0.1, 0.15) is 0 Å². The molecule has 0 saturated carbocycles. The summed E-state index contributed by atoms with van der Waals surface area (Å²) in [6.07, 6.45) is 0. The van der Waals surface area contributed by atoms with E-state index >= 15 is 0 Å². The van der Waals surface area contributed by atoms with E-state index in [1.54, 1.807) is 0 Å². The van der Waals surface area contributed by atoms with Crippen molar-refractivity contribution in [3.05, 3.63) is 33.9 Å². The van der Waals surface area contributed by atoms with E-state index in [1.165, 1.54) is 27.8 Å². The summed E-state index contributed by atoms with van der Waals surface area (Å²) >= 11 is 0. The summed E-state index contributed by atoms with van der Waals surface area (Å²) in [6, 6.07) is 2.13. The summed E-state index contributed by atoms with van der Waals surface area (Å²) in [6.45, 7) is 10.5. The molecule has 0 aromatic heterocycles. The quantitative estimate of drug-likeness (QED) is 0.780. The second kappa shape index (κ2) is 4.33. The molecule has 84 valence electrons. The molecule has 0 bridgehead atoms. The van der Waals surface area contributed by atoms with Gasteiger partial charge in [0.05, 0.1) is 0 Å². The second-order valence-corrected chi connectivity index (χ2v) is 4.56. The summed E-state index contributed by atoms with van der Waals surface area (Å²) < 4.78 is 0. The van der Waals surface area contributed by atoms with Crippen molar-refractivity contribution in [1.29, 1.82) is 0 Å². The lowest BCUT2D eigenvalue weighted by Gasteiger charge is -2.23. The van der Waals surface area contributed by atoms with Gasteiger partial charge < -0.3 is 11.5 Å². The Labute approximate surface area is 92.7 Å². The van der Waals surface area contributed by atoms with E-state index in [1.807, 2.05) is 6.92 Å². The lowest BCUT2D eigenvalue weighted by atomic mass is 9.88. The number of benzene rings is 1. The Morgan fingerprint density at radius 2 is 1.33 bits per heavy atom. The standard InChI is InChI=1S/C13H22N2/c1-7-6-8(2)10(4)12(9(7)3)13(15)11(5)14/h6,11,13H,14-15H2,1-5H3. The average Bonchev–Trinajstić information content (AvgIpc) is 2.15. The molecule has 0 aliphatic rings. The Balaban J connectivity index is 3.39. The van der Waals surface area contributed by atoms with Gasteiger partial charge in [-0.05, 0) is 62.4 Å². The van der Waals surface area contributed by atoms with Crippen LogP contribution in [0, 0.1) is 27.7 Å². The monoisotopic (exact) mass is 206 g/mol. The van der Waals surface area contributed by atoms with Crippen LogP contribution in [0.3, 0.4) is 0 Å². The van der Waals surface area contributed by atoms with Crippen LogP contribution in [0.4, 0.5) is 0 Å². The Morgan fingerprint density at radius 1 is 0.933 bits per heavy atom. The fourth-order valence-electron chi connectivity index (χ4n) is 2.01. The average molecular weight is 206 g/mol. The first-order valence-corrected chi connectivity index (χ1v) is 5.44. The Kier molecular flexibility index (Phi) is 3.53. The number of nitrogens with two attached hydrogens (primary N) is 2. The molecular weight excluding hydrogens is 184 g/mol. The molecule has 0 aliphatic carbocycles. The summed E-state index contributed by atoms with van der Waals surface area (Å²) in [7, 11) is 0. The maximum atomic E-state index is 6.15. The van der Waals surface area contributed by atoms with E-state index in [2.05, 4.69) is 33.8 Å². The van der Waals surface area contributed by atoms with Gasteiger partial charge in [0.2, 0.25) is 0 Å². The Bertz CT molecular complexity index is 341. The van der Waals surface area contributed by atoms with Crippen LogP contribution in [0.1, 0.15) is 40.8 Å². The SMILES string of the molecule is Cc1cc(C)c(C)c(C(N)C(C)N)c1C. The highest BCUT2D eigenvalue weighted by Gasteiger charge is 2.17. The molecule has 0 saturated heterocycles. The highest BCUT2D eigenvalue weighted by molar-refractivity contribution is 5.46. The summed E-state index contributed by atoms with van der Waals surface area (Å²) in [5, 5.41) is 0. The summed E-state index contributed by atoms with van der Waals surface area (Å²) in [5.74, 6) is 0. The van der Waals surface area contributed by atoms with Crippen LogP contribution in [0.15, 0.2) is 6.07 Å². The van der Waals surface area contributed by atoms with E-state index < -0.39 is 0 Å². The molecular formula is C13H22N2. The highest BCUT2D eigenvalue weighted by atomic mass is 14.8. The van der Waals surface area contributed by atoms with E-state index in [0.717, 1.165) is 0 Å². The van der Waals surface area contributed by atoms with Crippen LogP contribution in [0.25, 0.3) is 0 Å². The van der Waals surface area contributed by atoms with Crippen molar-refractivity contribution in [2.24, 2.45) is 11.5 Å². The minimum atomic E-state index is -0.0661. The molecule has 0 fully saturated rings. The van der Waals surface area contributed by atoms with E-state index in [-0.39, 0.29) is 12.1 Å². The maximum absolute atomic E-state index is 6.15. The minimum Gasteiger partial charge on any atom is -0.326 e. The molecule has 2 unspecified atom stereocenters. The third-order valence-electron chi connectivity index (χ3n) is 3.32. The van der Waals surface area contributed by atoms with Crippen molar-refractivity contribution in [1.82, 2.24) is 0 Å². The van der Waals surface area contributed by atoms with Crippen molar-refractivity contribution in [2.75, 3.05) is 0 Å². The van der Waals surface area contributed by atoms with Crippen LogP contribution in [0.2, 0.25) is 0 Å². The topological polar surface area (TPSA) is 52.0 Å². The molecule has 2 nitrogen and oxygen atoms in total. The van der Waals surface area contributed by atoms with Crippen molar-refractivity contribution < 1.29 is 0 Å². The number of hydrogen-bond donors (Lipinski definition) is 2. The Hall–Kier alpha value is -0.860. The maximum Gasteiger partial charge on any atom is 0.0451 e. The van der Waals surface area contributed by atoms with E-state index in [0.29, 0.717) is 0 Å². The Morgan fingerprint density at radius 3 is 1.67 bits per heavy atom. The van der Waals surface area contributed by atoms with Gasteiger partial charge in [-0.3, -0.25) is 0 Å². The lowest BCUT2D eigenvalue weighted by molar-refractivity contribution is 0.582. The van der Waals surface area contributed by atoms with Crippen molar-refractivity contribution in [3.63, 3.8) is 0 Å². The first kappa shape index (κ1) is 12.2. The van der Waals surface area contributed by atoms with Crippen LogP contribution >= 0.6 is 0 Å². The zero-order chi connectivity index (χ0) is 11.7. The lowest BCUT2D eigenvalue weighted by Crippen LogP contribution is -2.32. The minimum absolute atomic E-state index is 0.0106. The van der Waals surface area contributed by atoms with Gasteiger partial charge in [-0.25, -0.2) is 0 Å². The number of aryl methyl sites for hydroxylation is 2. The first-order valence-electron chi connectivity index (χ1n) is 5.44. The molecule has 0 heterocycles. The van der Waals surface area contributed by atoms with Crippen LogP contribution in [0.5, 0.6) is 0 Å². The highest BCUT2D eigenvalue weighted by Crippen LogP contribution is 2.27. The smallest absolute Gasteiger partial charge is 0.0451 e. The molecule has 0 radical (unpaired) electrons. The molecule has 2 heteroatoms. The van der Waals surface area contributed by atoms with Gasteiger partial charge in [-0.1, -0.05) is 6.07 Å². The van der Waals surface area contributed by atoms with Crippen molar-refractivity contribution >= 4 is 0 Å². The molecule has 0 amide bonds. The summed E-state index contributed by atoms with van der Waals surface area (Å²) in [4.78, 5) is 0. The molecule has 15 heavy (non-hydrogen) atoms. The summed E-state index contributed by atoms with van der Waals surface area (Å²) in [5.41, 5.74) is 18.4. The van der Waals surface area contributed by atoms with Gasteiger partial charge in [0.25, 0.3) is 0 Å². The van der Waals surface area contributed by atoms with E-state index in [9.17, 15) is 0 Å². The van der Waals surface area contributed by atoms with E-state index in [4.69, 9.17) is 11.5 Å². The fraction of sp³-hybridized carbons (Fsp3) is 0.538. The van der Waals surface area contributed by atoms with Crippen molar-refractivity contribution in [2.45, 2.75) is 46.7 Å². The van der Waals surface area contributed by atoms with Gasteiger partial charge in [-0.15, -0.1) is 0 Å². The number of rotatable bonds is 2. The van der Waals surface area contributed by atoms with Gasteiger partial charge in [-0.2, -0.15) is 0 Å². The molecule has 4 N–H and O–H groups in total. The molecule has 1 rings (SSSR count). The first-order chi connectivity index (χ1) is 6.86. The third kappa shape index (κ3) is 2.21. The second-order valence-electron chi connectivity index (χ2n) is 4.56. The van der Waals surface area contributed by atoms with Gasteiger partial charge >= 0.3 is 0 Å². The normalized spacial score (nSPS) is 15.1. The zero-order valence-corrected chi connectivity index (χ0v) is 10.4. The third-order valence-corrected chi connectivity index (χ3v) is 3.32. The molecule has 0 spiro atoms. The molecule has 0 aliphatic heterocycles. The van der Waals surface area contributed by atoms with Gasteiger partial charge in [0, 0.05) is 12.1 Å². The molecule has 1 aromatic carbocycles. The van der Waals surface area contributed by atoms with Crippen LogP contribution in [-0.2, 0) is 0 Å². The predicted molar refractivity (Wildman–Crippen MR) is 66.0 cm³/mol. The van der Waals surface area contributed by atoms with Crippen molar-refractivity contribution in [3.8, 4) is 0 Å². The predicted octanol–water partition coefficient (Wildman–Crippen LogP) is 2.27. The zero-order valence-electron chi connectivity index (χ0n) is 10.4.